The average molecular weight is 287 g/mol. The van der Waals surface area contributed by atoms with E-state index in [9.17, 15) is 9.59 Å². The van der Waals surface area contributed by atoms with Crippen molar-refractivity contribution in [3.05, 3.63) is 0 Å². The summed E-state index contributed by atoms with van der Waals surface area (Å²) in [4.78, 5) is 21.1. The van der Waals surface area contributed by atoms with E-state index in [0.29, 0.717) is 24.9 Å². The molecule has 7 nitrogen and oxygen atoms in total. The lowest BCUT2D eigenvalue weighted by Crippen LogP contribution is -2.41. The molecule has 6 N–H and O–H groups in total. The summed E-state index contributed by atoms with van der Waals surface area (Å²) in [5.74, 6) is 1.13. The fraction of sp³-hybridized carbons (Fsp3) is 0.846. The summed E-state index contributed by atoms with van der Waals surface area (Å²) in [6.45, 7) is 2.69. The molecule has 1 rings (SSSR count). The minimum atomic E-state index is -1.04. The van der Waals surface area contributed by atoms with Crippen LogP contribution in [0.15, 0.2) is 0 Å². The van der Waals surface area contributed by atoms with Crippen LogP contribution in [-0.2, 0) is 0 Å². The van der Waals surface area contributed by atoms with E-state index in [1.165, 1.54) is 12.8 Å². The van der Waals surface area contributed by atoms with E-state index < -0.39 is 12.2 Å². The molecule has 7 heteroatoms. The number of rotatable bonds is 9. The van der Waals surface area contributed by atoms with Crippen molar-refractivity contribution in [2.45, 2.75) is 38.6 Å². The van der Waals surface area contributed by atoms with Crippen molar-refractivity contribution in [3.8, 4) is 0 Å². The van der Waals surface area contributed by atoms with E-state index in [1.807, 2.05) is 6.92 Å². The van der Waals surface area contributed by atoms with Crippen molar-refractivity contribution < 1.29 is 19.8 Å². The van der Waals surface area contributed by atoms with E-state index in [0.717, 1.165) is 12.8 Å². The Labute approximate surface area is 118 Å². The molecule has 0 saturated heterocycles. The topological polar surface area (TPSA) is 125 Å². The zero-order chi connectivity index (χ0) is 15.1. The van der Waals surface area contributed by atoms with Crippen molar-refractivity contribution in [2.24, 2.45) is 23.5 Å². The first-order valence-electron chi connectivity index (χ1n) is 7.10. The summed E-state index contributed by atoms with van der Waals surface area (Å²) < 4.78 is 0. The Morgan fingerprint density at radius 2 is 1.95 bits per heavy atom. The molecule has 116 valence electrons. The van der Waals surface area contributed by atoms with Gasteiger partial charge in [0.1, 0.15) is 0 Å². The molecule has 0 aliphatic heterocycles. The third-order valence-corrected chi connectivity index (χ3v) is 4.05. The van der Waals surface area contributed by atoms with Crippen molar-refractivity contribution >= 4 is 12.2 Å². The van der Waals surface area contributed by atoms with Crippen molar-refractivity contribution in [1.29, 1.82) is 0 Å². The Balaban J connectivity index is 2.45. The normalized spacial score (nSPS) is 18.9. The molecule has 1 aliphatic carbocycles. The summed E-state index contributed by atoms with van der Waals surface area (Å²) in [7, 11) is 0. The van der Waals surface area contributed by atoms with Crippen molar-refractivity contribution in [1.82, 2.24) is 10.6 Å². The predicted molar refractivity (Wildman–Crippen MR) is 74.6 cm³/mol. The van der Waals surface area contributed by atoms with Crippen LogP contribution in [-0.4, -0.2) is 41.5 Å². The van der Waals surface area contributed by atoms with Gasteiger partial charge in [0.05, 0.1) is 0 Å². The lowest BCUT2D eigenvalue weighted by molar-refractivity contribution is 0.180. The van der Waals surface area contributed by atoms with Crippen LogP contribution in [0.5, 0.6) is 0 Å². The Bertz CT molecular complexity index is 334. The van der Waals surface area contributed by atoms with Crippen molar-refractivity contribution in [3.63, 3.8) is 0 Å². The van der Waals surface area contributed by atoms with Gasteiger partial charge >= 0.3 is 12.2 Å². The average Bonchev–Trinajstić information content (AvgIpc) is 3.16. The monoisotopic (exact) mass is 287 g/mol. The highest BCUT2D eigenvalue weighted by Crippen LogP contribution is 2.41. The third-order valence-electron chi connectivity index (χ3n) is 4.05. The second-order valence-electron chi connectivity index (χ2n) is 5.59. The minimum Gasteiger partial charge on any atom is -0.465 e. The maximum Gasteiger partial charge on any atom is 0.404 e. The SMILES string of the molecule is CC(NC(=O)O)C(CN)CC(CCNC(=O)O)C1CC1. The molecule has 1 fully saturated rings. The molecule has 2 amide bonds. The summed E-state index contributed by atoms with van der Waals surface area (Å²) in [5, 5.41) is 22.2. The highest BCUT2D eigenvalue weighted by atomic mass is 16.4. The van der Waals surface area contributed by atoms with Crippen molar-refractivity contribution in [2.75, 3.05) is 13.1 Å². The summed E-state index contributed by atoms with van der Waals surface area (Å²) in [5.41, 5.74) is 5.75. The van der Waals surface area contributed by atoms with Gasteiger partial charge in [0.2, 0.25) is 0 Å². The zero-order valence-electron chi connectivity index (χ0n) is 11.8. The number of hydrogen-bond acceptors (Lipinski definition) is 3. The molecule has 0 spiro atoms. The number of amides is 2. The maximum atomic E-state index is 10.7. The first-order valence-corrected chi connectivity index (χ1v) is 7.10. The van der Waals surface area contributed by atoms with Crippen LogP contribution in [0.25, 0.3) is 0 Å². The molecule has 3 unspecified atom stereocenters. The largest absolute Gasteiger partial charge is 0.465 e. The lowest BCUT2D eigenvalue weighted by atomic mass is 9.85. The smallest absolute Gasteiger partial charge is 0.404 e. The van der Waals surface area contributed by atoms with Gasteiger partial charge in [-0.2, -0.15) is 0 Å². The Morgan fingerprint density at radius 1 is 1.30 bits per heavy atom. The van der Waals surface area contributed by atoms with Gasteiger partial charge in [0.15, 0.2) is 0 Å². The molecule has 20 heavy (non-hydrogen) atoms. The van der Waals surface area contributed by atoms with E-state index in [4.69, 9.17) is 15.9 Å². The first-order chi connectivity index (χ1) is 9.43. The van der Waals surface area contributed by atoms with Gasteiger partial charge in [-0.3, -0.25) is 0 Å². The number of nitrogens with two attached hydrogens (primary N) is 1. The van der Waals surface area contributed by atoms with Crippen LogP contribution in [0.1, 0.15) is 32.6 Å². The van der Waals surface area contributed by atoms with E-state index >= 15 is 0 Å². The van der Waals surface area contributed by atoms with Gasteiger partial charge < -0.3 is 26.6 Å². The van der Waals surface area contributed by atoms with E-state index in [-0.39, 0.29) is 12.0 Å². The fourth-order valence-electron chi connectivity index (χ4n) is 2.68. The quantitative estimate of drug-likeness (QED) is 0.437. The minimum absolute atomic E-state index is 0.0847. The highest BCUT2D eigenvalue weighted by Gasteiger charge is 2.33. The zero-order valence-corrected chi connectivity index (χ0v) is 11.8. The third kappa shape index (κ3) is 6.10. The number of carbonyl (C=O) groups is 2. The molecular weight excluding hydrogens is 262 g/mol. The molecule has 3 atom stereocenters. The van der Waals surface area contributed by atoms with Crippen LogP contribution < -0.4 is 16.4 Å². The lowest BCUT2D eigenvalue weighted by Gasteiger charge is -2.27. The highest BCUT2D eigenvalue weighted by molar-refractivity contribution is 5.64. The van der Waals surface area contributed by atoms with Gasteiger partial charge in [0, 0.05) is 12.6 Å². The number of nitrogens with one attached hydrogen (secondary N) is 2. The van der Waals surface area contributed by atoms with Crippen LogP contribution in [0.4, 0.5) is 9.59 Å². The Kier molecular flexibility index (Phi) is 6.57. The second-order valence-corrected chi connectivity index (χ2v) is 5.59. The molecule has 0 aromatic rings. The van der Waals surface area contributed by atoms with Crippen LogP contribution in [0.3, 0.4) is 0 Å². The standard InChI is InChI=1S/C13H25N3O4/c1-8(16-13(19)20)11(7-14)6-10(9-2-3-9)4-5-15-12(17)18/h8-11,15-16H,2-7,14H2,1H3,(H,17,18)(H,19,20). The molecular formula is C13H25N3O4. The maximum absolute atomic E-state index is 10.7. The number of hydrogen-bond donors (Lipinski definition) is 5. The van der Waals surface area contributed by atoms with Crippen LogP contribution in [0.2, 0.25) is 0 Å². The van der Waals surface area contributed by atoms with E-state index in [1.54, 1.807) is 0 Å². The van der Waals surface area contributed by atoms with Crippen LogP contribution >= 0.6 is 0 Å². The van der Waals surface area contributed by atoms with Gasteiger partial charge in [-0.15, -0.1) is 0 Å². The number of carboxylic acid groups (broad SMARTS) is 2. The molecule has 0 aromatic carbocycles. The molecule has 1 aliphatic rings. The van der Waals surface area contributed by atoms with Gasteiger partial charge in [-0.25, -0.2) is 9.59 Å². The second kappa shape index (κ2) is 7.94. The van der Waals surface area contributed by atoms with Gasteiger partial charge in [0.25, 0.3) is 0 Å². The molecule has 0 aromatic heterocycles. The van der Waals surface area contributed by atoms with Gasteiger partial charge in [-0.1, -0.05) is 0 Å². The molecule has 1 saturated carbocycles. The van der Waals surface area contributed by atoms with Gasteiger partial charge in [-0.05, 0) is 56.9 Å². The van der Waals surface area contributed by atoms with Crippen LogP contribution in [0, 0.1) is 17.8 Å². The molecule has 0 radical (unpaired) electrons. The Hall–Kier alpha value is -1.50. The fourth-order valence-corrected chi connectivity index (χ4v) is 2.68. The summed E-state index contributed by atoms with van der Waals surface area (Å²) in [6, 6.07) is -0.189. The van der Waals surface area contributed by atoms with E-state index in [2.05, 4.69) is 10.6 Å². The molecule has 0 bridgehead atoms. The Morgan fingerprint density at radius 3 is 2.40 bits per heavy atom. The summed E-state index contributed by atoms with van der Waals surface area (Å²) in [6.07, 6.45) is 1.94. The summed E-state index contributed by atoms with van der Waals surface area (Å²) >= 11 is 0. The predicted octanol–water partition coefficient (Wildman–Crippen LogP) is 1.29. The molecule has 0 heterocycles. The first kappa shape index (κ1) is 16.6.